The number of hydrogen-bond donors (Lipinski definition) is 1. The quantitative estimate of drug-likeness (QED) is 0.464. The van der Waals surface area contributed by atoms with Gasteiger partial charge in [0.2, 0.25) is 5.82 Å². The first-order valence-electron chi connectivity index (χ1n) is 5.22. The lowest BCUT2D eigenvalue weighted by molar-refractivity contribution is -0.384. The van der Waals surface area contributed by atoms with E-state index in [1.807, 2.05) is 6.92 Å². The summed E-state index contributed by atoms with van der Waals surface area (Å²) in [5, 5.41) is 10.6. The minimum Gasteiger partial charge on any atom is -0.468 e. The van der Waals surface area contributed by atoms with Crippen LogP contribution in [0.2, 0.25) is 0 Å². The maximum atomic E-state index is 11.2. The van der Waals surface area contributed by atoms with E-state index in [2.05, 4.69) is 9.72 Å². The van der Waals surface area contributed by atoms with E-state index >= 15 is 0 Å². The summed E-state index contributed by atoms with van der Waals surface area (Å²) in [4.78, 5) is 26.7. The summed E-state index contributed by atoms with van der Waals surface area (Å²) >= 11 is 0. The number of nitrogens with two attached hydrogens (primary N) is 1. The molecule has 0 unspecified atom stereocenters. The Hall–Kier alpha value is -2.38. The molecule has 0 fully saturated rings. The van der Waals surface area contributed by atoms with E-state index in [1.165, 1.54) is 19.2 Å². The van der Waals surface area contributed by atoms with E-state index in [4.69, 9.17) is 5.73 Å². The van der Waals surface area contributed by atoms with Crippen molar-refractivity contribution in [1.82, 2.24) is 4.98 Å². The highest BCUT2D eigenvalue weighted by Crippen LogP contribution is 2.22. The van der Waals surface area contributed by atoms with Gasteiger partial charge in [0.25, 0.3) is 0 Å². The van der Waals surface area contributed by atoms with Crippen molar-refractivity contribution >= 4 is 23.3 Å². The van der Waals surface area contributed by atoms with Gasteiger partial charge in [-0.1, -0.05) is 0 Å². The molecular weight excluding hydrogens is 240 g/mol. The van der Waals surface area contributed by atoms with Gasteiger partial charge < -0.3 is 15.4 Å². The van der Waals surface area contributed by atoms with Crippen molar-refractivity contribution in [3.05, 3.63) is 22.2 Å². The van der Waals surface area contributed by atoms with Gasteiger partial charge in [-0.2, -0.15) is 0 Å². The highest BCUT2D eigenvalue weighted by Gasteiger charge is 2.17. The number of rotatable bonds is 5. The van der Waals surface area contributed by atoms with Crippen LogP contribution < -0.4 is 10.6 Å². The number of likely N-dealkylation sites (N-methyl/N-ethyl adjacent to an activating group) is 1. The molecule has 8 nitrogen and oxygen atoms in total. The Labute approximate surface area is 104 Å². The molecule has 0 atom stereocenters. The Kier molecular flexibility index (Phi) is 4.41. The second-order valence-electron chi connectivity index (χ2n) is 3.42. The van der Waals surface area contributed by atoms with Crippen LogP contribution in [0.3, 0.4) is 0 Å². The third-order valence-corrected chi connectivity index (χ3v) is 2.34. The van der Waals surface area contributed by atoms with E-state index in [0.717, 1.165) is 0 Å². The van der Waals surface area contributed by atoms with E-state index in [1.54, 1.807) is 4.90 Å². The van der Waals surface area contributed by atoms with Crippen LogP contribution in [0.4, 0.5) is 17.3 Å². The highest BCUT2D eigenvalue weighted by atomic mass is 16.6. The van der Waals surface area contributed by atoms with Crippen LogP contribution in [0.5, 0.6) is 0 Å². The number of pyridine rings is 1. The van der Waals surface area contributed by atoms with Crippen LogP contribution in [-0.2, 0) is 9.53 Å². The van der Waals surface area contributed by atoms with Gasteiger partial charge >= 0.3 is 11.7 Å². The number of hydrogen-bond acceptors (Lipinski definition) is 7. The molecule has 0 aromatic carbocycles. The van der Waals surface area contributed by atoms with Gasteiger partial charge in [0.15, 0.2) is 0 Å². The maximum Gasteiger partial charge on any atom is 0.325 e. The molecule has 0 saturated heterocycles. The molecule has 1 aromatic rings. The first-order valence-corrected chi connectivity index (χ1v) is 5.22. The number of ether oxygens (including phenoxy) is 1. The van der Waals surface area contributed by atoms with E-state index in [9.17, 15) is 14.9 Å². The zero-order valence-corrected chi connectivity index (χ0v) is 10.1. The molecule has 1 rings (SSSR count). The lowest BCUT2D eigenvalue weighted by atomic mass is 10.3. The molecule has 18 heavy (non-hydrogen) atoms. The smallest absolute Gasteiger partial charge is 0.325 e. The number of anilines is 2. The minimum absolute atomic E-state index is 0.0112. The van der Waals surface area contributed by atoms with Crippen LogP contribution in [-0.4, -0.2) is 36.1 Å². The topological polar surface area (TPSA) is 112 Å². The average molecular weight is 254 g/mol. The van der Waals surface area contributed by atoms with Crippen LogP contribution in [0, 0.1) is 10.1 Å². The second-order valence-corrected chi connectivity index (χ2v) is 3.42. The Morgan fingerprint density at radius 2 is 2.28 bits per heavy atom. The first-order chi connectivity index (χ1) is 8.49. The van der Waals surface area contributed by atoms with Gasteiger partial charge in [-0.3, -0.25) is 14.9 Å². The van der Waals surface area contributed by atoms with Crippen molar-refractivity contribution in [3.8, 4) is 0 Å². The fraction of sp³-hybridized carbons (Fsp3) is 0.400. The van der Waals surface area contributed by atoms with Crippen LogP contribution in [0.25, 0.3) is 0 Å². The van der Waals surface area contributed by atoms with Crippen LogP contribution >= 0.6 is 0 Å². The SMILES string of the molecule is CCN(CC(=O)OC)c1ccc([N+](=O)[O-])c(N)n1. The van der Waals surface area contributed by atoms with Crippen molar-refractivity contribution in [1.29, 1.82) is 0 Å². The third kappa shape index (κ3) is 3.06. The largest absolute Gasteiger partial charge is 0.468 e. The molecule has 0 amide bonds. The molecule has 0 spiro atoms. The zero-order valence-electron chi connectivity index (χ0n) is 10.1. The summed E-state index contributed by atoms with van der Waals surface area (Å²) in [5.74, 6) is -0.206. The Bertz CT molecular complexity index is 463. The van der Waals surface area contributed by atoms with Crippen molar-refractivity contribution in [2.75, 3.05) is 30.8 Å². The molecule has 2 N–H and O–H groups in total. The van der Waals surface area contributed by atoms with Crippen molar-refractivity contribution in [2.24, 2.45) is 0 Å². The number of carbonyl (C=O) groups is 1. The predicted octanol–water partition coefficient (Wildman–Crippen LogP) is 0.571. The Morgan fingerprint density at radius 1 is 1.61 bits per heavy atom. The number of nitrogens with zero attached hydrogens (tertiary/aromatic N) is 3. The fourth-order valence-corrected chi connectivity index (χ4v) is 1.36. The van der Waals surface area contributed by atoms with Crippen LogP contribution in [0.15, 0.2) is 12.1 Å². The normalized spacial score (nSPS) is 9.89. The maximum absolute atomic E-state index is 11.2. The van der Waals surface area contributed by atoms with Crippen molar-refractivity contribution in [2.45, 2.75) is 6.92 Å². The van der Waals surface area contributed by atoms with E-state index in [0.29, 0.717) is 12.4 Å². The van der Waals surface area contributed by atoms with Crippen LogP contribution in [0.1, 0.15) is 6.92 Å². The lowest BCUT2D eigenvalue weighted by Crippen LogP contribution is -2.31. The Balaban J connectivity index is 2.97. The predicted molar refractivity (Wildman–Crippen MR) is 65.2 cm³/mol. The van der Waals surface area contributed by atoms with Crippen molar-refractivity contribution in [3.63, 3.8) is 0 Å². The minimum atomic E-state index is -0.608. The van der Waals surface area contributed by atoms with Gasteiger partial charge in [-0.15, -0.1) is 0 Å². The summed E-state index contributed by atoms with van der Waals surface area (Å²) in [6.45, 7) is 2.33. The molecule has 0 aliphatic rings. The lowest BCUT2D eigenvalue weighted by Gasteiger charge is -2.20. The van der Waals surface area contributed by atoms with E-state index < -0.39 is 10.9 Å². The first kappa shape index (κ1) is 13.7. The third-order valence-electron chi connectivity index (χ3n) is 2.34. The summed E-state index contributed by atoms with van der Waals surface area (Å²) < 4.78 is 4.55. The van der Waals surface area contributed by atoms with Gasteiger partial charge in [0.05, 0.1) is 12.0 Å². The molecular formula is C10H14N4O4. The summed E-state index contributed by atoms with van der Waals surface area (Å²) in [7, 11) is 1.29. The standard InChI is InChI=1S/C10H14N4O4/c1-3-13(6-9(15)18-2)8-5-4-7(14(16)17)10(11)12-8/h4-5H,3,6H2,1-2H3,(H2,11,12). The average Bonchev–Trinajstić information content (AvgIpc) is 2.34. The van der Waals surface area contributed by atoms with Gasteiger partial charge in [0, 0.05) is 12.6 Å². The Morgan fingerprint density at radius 3 is 2.72 bits per heavy atom. The molecule has 0 bridgehead atoms. The summed E-state index contributed by atoms with van der Waals surface area (Å²) in [6.07, 6.45) is 0. The molecule has 0 radical (unpaired) electrons. The number of aromatic nitrogens is 1. The number of esters is 1. The summed E-state index contributed by atoms with van der Waals surface area (Å²) in [5.41, 5.74) is 5.23. The fourth-order valence-electron chi connectivity index (χ4n) is 1.36. The monoisotopic (exact) mass is 254 g/mol. The van der Waals surface area contributed by atoms with Gasteiger partial charge in [0.1, 0.15) is 12.4 Å². The number of carbonyl (C=O) groups excluding carboxylic acids is 1. The van der Waals surface area contributed by atoms with Gasteiger partial charge in [-0.25, -0.2) is 4.98 Å². The zero-order chi connectivity index (χ0) is 13.7. The number of nitro groups is 1. The van der Waals surface area contributed by atoms with Gasteiger partial charge in [-0.05, 0) is 13.0 Å². The molecule has 0 saturated carbocycles. The molecule has 8 heteroatoms. The molecule has 0 aliphatic heterocycles. The molecule has 0 aliphatic carbocycles. The number of nitrogen functional groups attached to an aromatic ring is 1. The molecule has 98 valence electrons. The highest BCUT2D eigenvalue weighted by molar-refractivity contribution is 5.75. The second kappa shape index (κ2) is 5.80. The summed E-state index contributed by atoms with van der Waals surface area (Å²) in [6, 6.07) is 2.71. The van der Waals surface area contributed by atoms with Crippen molar-refractivity contribution < 1.29 is 14.5 Å². The van der Waals surface area contributed by atoms with E-state index in [-0.39, 0.29) is 18.1 Å². The number of methoxy groups -OCH3 is 1. The molecule has 1 aromatic heterocycles. The molecule has 1 heterocycles.